The number of hydrogen-bond acceptors (Lipinski definition) is 3. The van der Waals surface area contributed by atoms with Gasteiger partial charge in [0.05, 0.1) is 6.10 Å². The fraction of sp³-hybridized carbons (Fsp3) is 0.588. The van der Waals surface area contributed by atoms with Crippen LogP contribution in [0.1, 0.15) is 31.2 Å². The smallest absolute Gasteiger partial charge is 0.222 e. The Morgan fingerprint density at radius 3 is 2.64 bits per heavy atom. The number of carbonyl (C=O) groups excluding carboxylic acids is 1. The van der Waals surface area contributed by atoms with Gasteiger partial charge in [0.2, 0.25) is 5.91 Å². The molecule has 1 unspecified atom stereocenters. The summed E-state index contributed by atoms with van der Waals surface area (Å²) < 4.78 is 13.0. The van der Waals surface area contributed by atoms with Crippen molar-refractivity contribution in [1.29, 1.82) is 0 Å². The SMILES string of the molecule is O=C1CCCN1CC(O)CN(Cc1ccc(F)cc1)C1CC1. The van der Waals surface area contributed by atoms with Crippen molar-refractivity contribution in [1.82, 2.24) is 9.80 Å². The lowest BCUT2D eigenvalue weighted by Crippen LogP contribution is -2.41. The normalized spacial score (nSPS) is 20.0. The average molecular weight is 306 g/mol. The highest BCUT2D eigenvalue weighted by Crippen LogP contribution is 2.28. The number of aliphatic hydroxyl groups excluding tert-OH is 1. The Labute approximate surface area is 130 Å². The summed E-state index contributed by atoms with van der Waals surface area (Å²) in [5.41, 5.74) is 1.05. The number of likely N-dealkylation sites (tertiary alicyclic amines) is 1. The summed E-state index contributed by atoms with van der Waals surface area (Å²) in [6.45, 7) is 2.46. The van der Waals surface area contributed by atoms with Gasteiger partial charge in [-0.3, -0.25) is 9.69 Å². The van der Waals surface area contributed by atoms with Crippen molar-refractivity contribution < 1.29 is 14.3 Å². The first-order valence-corrected chi connectivity index (χ1v) is 8.06. The molecule has 0 spiro atoms. The largest absolute Gasteiger partial charge is 0.390 e. The first kappa shape index (κ1) is 15.4. The molecule has 1 heterocycles. The Morgan fingerprint density at radius 2 is 2.05 bits per heavy atom. The molecule has 1 aliphatic heterocycles. The van der Waals surface area contributed by atoms with Crippen LogP contribution >= 0.6 is 0 Å². The number of carbonyl (C=O) groups is 1. The molecule has 1 amide bonds. The van der Waals surface area contributed by atoms with Gasteiger partial charge in [-0.1, -0.05) is 12.1 Å². The highest BCUT2D eigenvalue weighted by molar-refractivity contribution is 5.78. The number of benzene rings is 1. The lowest BCUT2D eigenvalue weighted by molar-refractivity contribution is -0.129. The van der Waals surface area contributed by atoms with Crippen molar-refractivity contribution in [3.8, 4) is 0 Å². The van der Waals surface area contributed by atoms with Gasteiger partial charge in [-0.15, -0.1) is 0 Å². The number of nitrogens with zero attached hydrogens (tertiary/aromatic N) is 2. The second-order valence-electron chi connectivity index (χ2n) is 6.38. The zero-order valence-electron chi connectivity index (χ0n) is 12.7. The minimum atomic E-state index is -0.525. The number of aliphatic hydroxyl groups is 1. The van der Waals surface area contributed by atoms with Gasteiger partial charge >= 0.3 is 0 Å². The van der Waals surface area contributed by atoms with Crippen LogP contribution in [0.25, 0.3) is 0 Å². The molecule has 1 aromatic carbocycles. The molecule has 0 bridgehead atoms. The van der Waals surface area contributed by atoms with Crippen molar-refractivity contribution in [3.63, 3.8) is 0 Å². The maximum atomic E-state index is 13.0. The number of rotatable bonds is 7. The van der Waals surface area contributed by atoms with E-state index >= 15 is 0 Å². The van der Waals surface area contributed by atoms with E-state index in [0.29, 0.717) is 25.6 Å². The average Bonchev–Trinajstić information content (AvgIpc) is 3.26. The molecule has 1 aliphatic carbocycles. The van der Waals surface area contributed by atoms with Crippen molar-refractivity contribution in [2.75, 3.05) is 19.6 Å². The van der Waals surface area contributed by atoms with Crippen LogP contribution in [0.5, 0.6) is 0 Å². The molecule has 2 fully saturated rings. The number of hydrogen-bond donors (Lipinski definition) is 1. The molecular weight excluding hydrogens is 283 g/mol. The summed E-state index contributed by atoms with van der Waals surface area (Å²) in [5.74, 6) is -0.0788. The van der Waals surface area contributed by atoms with E-state index in [1.807, 2.05) is 0 Å². The number of amides is 1. The van der Waals surface area contributed by atoms with Crippen molar-refractivity contribution in [2.24, 2.45) is 0 Å². The summed E-state index contributed by atoms with van der Waals surface area (Å²) in [4.78, 5) is 15.6. The third-order valence-corrected chi connectivity index (χ3v) is 4.41. The second-order valence-corrected chi connectivity index (χ2v) is 6.38. The van der Waals surface area contributed by atoms with Crippen LogP contribution in [0.15, 0.2) is 24.3 Å². The Balaban J connectivity index is 1.54. The minimum Gasteiger partial charge on any atom is -0.390 e. The predicted molar refractivity (Wildman–Crippen MR) is 81.7 cm³/mol. The Hall–Kier alpha value is -1.46. The van der Waals surface area contributed by atoms with Gasteiger partial charge in [0, 0.05) is 38.6 Å². The summed E-state index contributed by atoms with van der Waals surface area (Å²) in [6, 6.07) is 7.04. The van der Waals surface area contributed by atoms with Gasteiger partial charge < -0.3 is 10.0 Å². The molecule has 120 valence electrons. The summed E-state index contributed by atoms with van der Waals surface area (Å²) in [5, 5.41) is 10.3. The van der Waals surface area contributed by atoms with Crippen molar-refractivity contribution in [3.05, 3.63) is 35.6 Å². The van der Waals surface area contributed by atoms with Gasteiger partial charge in [-0.05, 0) is 37.0 Å². The first-order valence-electron chi connectivity index (χ1n) is 8.06. The molecule has 5 heteroatoms. The van der Waals surface area contributed by atoms with Gasteiger partial charge in [-0.2, -0.15) is 0 Å². The van der Waals surface area contributed by atoms with E-state index in [1.54, 1.807) is 17.0 Å². The third-order valence-electron chi connectivity index (χ3n) is 4.41. The van der Waals surface area contributed by atoms with E-state index in [0.717, 1.165) is 37.9 Å². The molecule has 1 atom stereocenters. The molecule has 1 aromatic rings. The fourth-order valence-electron chi connectivity index (χ4n) is 3.09. The lowest BCUT2D eigenvalue weighted by Gasteiger charge is -2.27. The minimum absolute atomic E-state index is 0.149. The second kappa shape index (κ2) is 6.75. The molecule has 2 aliphatic rings. The fourth-order valence-corrected chi connectivity index (χ4v) is 3.09. The molecule has 0 radical (unpaired) electrons. The van der Waals surface area contributed by atoms with E-state index in [2.05, 4.69) is 4.90 Å². The van der Waals surface area contributed by atoms with Crippen molar-refractivity contribution in [2.45, 2.75) is 44.4 Å². The Kier molecular flexibility index (Phi) is 4.74. The van der Waals surface area contributed by atoms with Gasteiger partial charge in [-0.25, -0.2) is 4.39 Å². The van der Waals surface area contributed by atoms with Crippen LogP contribution in [-0.4, -0.2) is 52.6 Å². The lowest BCUT2D eigenvalue weighted by atomic mass is 10.2. The molecule has 1 N–H and O–H groups in total. The van der Waals surface area contributed by atoms with Gasteiger partial charge in [0.1, 0.15) is 5.82 Å². The van der Waals surface area contributed by atoms with E-state index in [1.165, 1.54) is 12.1 Å². The van der Waals surface area contributed by atoms with Crippen LogP contribution in [0.2, 0.25) is 0 Å². The standard InChI is InChI=1S/C17H23FN2O2/c18-14-5-3-13(4-6-14)10-20(15-7-8-15)12-16(21)11-19-9-1-2-17(19)22/h3-6,15-16,21H,1-2,7-12H2. The molecule has 3 rings (SSSR count). The topological polar surface area (TPSA) is 43.8 Å². The van der Waals surface area contributed by atoms with Crippen LogP contribution in [0, 0.1) is 5.82 Å². The van der Waals surface area contributed by atoms with E-state index in [9.17, 15) is 14.3 Å². The zero-order valence-corrected chi connectivity index (χ0v) is 12.7. The molecule has 0 aromatic heterocycles. The molecule has 22 heavy (non-hydrogen) atoms. The monoisotopic (exact) mass is 306 g/mol. The molecule has 4 nitrogen and oxygen atoms in total. The van der Waals surface area contributed by atoms with Crippen molar-refractivity contribution >= 4 is 5.91 Å². The number of β-amino-alcohol motifs (C(OH)–C–C–N with tert-alkyl or cyclic N) is 1. The molecule has 1 saturated carbocycles. The summed E-state index contributed by atoms with van der Waals surface area (Å²) in [6.07, 6.45) is 3.28. The van der Waals surface area contributed by atoms with Crippen LogP contribution < -0.4 is 0 Å². The highest BCUT2D eigenvalue weighted by atomic mass is 19.1. The van der Waals surface area contributed by atoms with E-state index < -0.39 is 6.10 Å². The van der Waals surface area contributed by atoms with Gasteiger partial charge in [0.15, 0.2) is 0 Å². The highest BCUT2D eigenvalue weighted by Gasteiger charge is 2.31. The maximum Gasteiger partial charge on any atom is 0.222 e. The molecular formula is C17H23FN2O2. The first-order chi connectivity index (χ1) is 10.6. The summed E-state index contributed by atoms with van der Waals surface area (Å²) >= 11 is 0. The van der Waals surface area contributed by atoms with E-state index in [-0.39, 0.29) is 11.7 Å². The predicted octanol–water partition coefficient (Wildman–Crippen LogP) is 1.77. The summed E-state index contributed by atoms with van der Waals surface area (Å²) in [7, 11) is 0. The number of halogens is 1. The quantitative estimate of drug-likeness (QED) is 0.835. The zero-order chi connectivity index (χ0) is 15.5. The Bertz CT molecular complexity index is 516. The third kappa shape index (κ3) is 4.05. The van der Waals surface area contributed by atoms with Crippen LogP contribution in [0.3, 0.4) is 0 Å². The van der Waals surface area contributed by atoms with Gasteiger partial charge in [0.25, 0.3) is 0 Å². The maximum absolute atomic E-state index is 13.0. The molecule has 1 saturated heterocycles. The van der Waals surface area contributed by atoms with E-state index in [4.69, 9.17) is 0 Å². The van der Waals surface area contributed by atoms with Crippen LogP contribution in [0.4, 0.5) is 4.39 Å². The van der Waals surface area contributed by atoms with Crippen LogP contribution in [-0.2, 0) is 11.3 Å². The Morgan fingerprint density at radius 1 is 1.32 bits per heavy atom.